The minimum Gasteiger partial charge on any atom is -0.497 e. The molecular formula is C26H37N3O6S. The number of amides is 2. The molecule has 0 bridgehead atoms. The van der Waals surface area contributed by atoms with Crippen molar-refractivity contribution in [3.63, 3.8) is 0 Å². The van der Waals surface area contributed by atoms with Crippen LogP contribution >= 0.6 is 0 Å². The highest BCUT2D eigenvalue weighted by Crippen LogP contribution is 2.30. The van der Waals surface area contributed by atoms with Crippen LogP contribution in [0.4, 0.5) is 5.69 Å². The molecular weight excluding hydrogens is 482 g/mol. The van der Waals surface area contributed by atoms with E-state index in [2.05, 4.69) is 5.32 Å². The summed E-state index contributed by atoms with van der Waals surface area (Å²) in [5.41, 5.74) is 0.996. The lowest BCUT2D eigenvalue weighted by Crippen LogP contribution is -2.52. The molecule has 1 unspecified atom stereocenters. The van der Waals surface area contributed by atoms with E-state index in [1.807, 2.05) is 26.8 Å². The van der Waals surface area contributed by atoms with Crippen molar-refractivity contribution in [2.24, 2.45) is 5.92 Å². The summed E-state index contributed by atoms with van der Waals surface area (Å²) >= 11 is 0. The lowest BCUT2D eigenvalue weighted by Gasteiger charge is -2.33. The van der Waals surface area contributed by atoms with Crippen molar-refractivity contribution in [1.82, 2.24) is 10.2 Å². The molecule has 9 nitrogen and oxygen atoms in total. The monoisotopic (exact) mass is 519 g/mol. The predicted molar refractivity (Wildman–Crippen MR) is 141 cm³/mol. The number of hydrogen-bond donors (Lipinski definition) is 1. The zero-order valence-corrected chi connectivity index (χ0v) is 22.7. The van der Waals surface area contributed by atoms with E-state index in [1.54, 1.807) is 49.6 Å². The second kappa shape index (κ2) is 13.2. The van der Waals surface area contributed by atoms with Crippen LogP contribution in [0.3, 0.4) is 0 Å². The number of nitrogens with one attached hydrogen (secondary N) is 1. The second-order valence-electron chi connectivity index (χ2n) is 8.88. The summed E-state index contributed by atoms with van der Waals surface area (Å²) in [6.45, 7) is 5.87. The summed E-state index contributed by atoms with van der Waals surface area (Å²) in [7, 11) is -0.870. The van der Waals surface area contributed by atoms with Gasteiger partial charge in [0.05, 0.1) is 26.2 Å². The molecule has 1 atom stereocenters. The third-order valence-electron chi connectivity index (χ3n) is 5.59. The smallest absolute Gasteiger partial charge is 0.244 e. The molecule has 0 spiro atoms. The van der Waals surface area contributed by atoms with Gasteiger partial charge in [0, 0.05) is 13.1 Å². The highest BCUT2D eigenvalue weighted by atomic mass is 32.2. The largest absolute Gasteiger partial charge is 0.497 e. The Balaban J connectivity index is 2.47. The number of benzene rings is 2. The lowest BCUT2D eigenvalue weighted by molar-refractivity contribution is -0.140. The molecule has 0 heterocycles. The number of carbonyl (C=O) groups is 2. The van der Waals surface area contributed by atoms with Gasteiger partial charge in [0.25, 0.3) is 0 Å². The van der Waals surface area contributed by atoms with Gasteiger partial charge in [-0.3, -0.25) is 13.9 Å². The SMILES string of the molecule is CCC(C(=O)NCC(C)C)N(Cc1cccc(OC)c1)C(=O)CN(c1ccccc1OC)S(C)(=O)=O. The fourth-order valence-electron chi connectivity index (χ4n) is 3.74. The van der Waals surface area contributed by atoms with Crippen molar-refractivity contribution >= 4 is 27.5 Å². The maximum absolute atomic E-state index is 13.7. The Hall–Kier alpha value is -3.27. The molecule has 2 aromatic rings. The van der Waals surface area contributed by atoms with Gasteiger partial charge in [-0.1, -0.05) is 45.0 Å². The number of methoxy groups -OCH3 is 2. The Kier molecular flexibility index (Phi) is 10.6. The van der Waals surface area contributed by atoms with Gasteiger partial charge in [-0.2, -0.15) is 0 Å². The van der Waals surface area contributed by atoms with Crippen molar-refractivity contribution in [3.8, 4) is 11.5 Å². The second-order valence-corrected chi connectivity index (χ2v) is 10.8. The first-order valence-electron chi connectivity index (χ1n) is 11.8. The van der Waals surface area contributed by atoms with E-state index in [1.165, 1.54) is 12.0 Å². The minimum absolute atomic E-state index is 0.104. The molecule has 0 aliphatic rings. The van der Waals surface area contributed by atoms with Gasteiger partial charge in [-0.15, -0.1) is 0 Å². The van der Waals surface area contributed by atoms with Crippen molar-refractivity contribution in [1.29, 1.82) is 0 Å². The van der Waals surface area contributed by atoms with Crippen LogP contribution in [0.5, 0.6) is 11.5 Å². The number of para-hydroxylation sites is 2. The molecule has 2 aromatic carbocycles. The lowest BCUT2D eigenvalue weighted by atomic mass is 10.1. The molecule has 0 saturated heterocycles. The Morgan fingerprint density at radius 1 is 1.03 bits per heavy atom. The van der Waals surface area contributed by atoms with E-state index in [0.29, 0.717) is 24.5 Å². The number of anilines is 1. The fraction of sp³-hybridized carbons (Fsp3) is 0.462. The van der Waals surface area contributed by atoms with Crippen LogP contribution < -0.4 is 19.1 Å². The van der Waals surface area contributed by atoms with E-state index in [0.717, 1.165) is 16.1 Å². The van der Waals surface area contributed by atoms with Crippen LogP contribution in [0.15, 0.2) is 48.5 Å². The molecule has 0 aliphatic carbocycles. The summed E-state index contributed by atoms with van der Waals surface area (Å²) in [5.74, 6) is 0.368. The number of carbonyl (C=O) groups excluding carboxylic acids is 2. The highest BCUT2D eigenvalue weighted by Gasteiger charge is 2.32. The van der Waals surface area contributed by atoms with Gasteiger partial charge in [0.2, 0.25) is 21.8 Å². The van der Waals surface area contributed by atoms with E-state index in [4.69, 9.17) is 9.47 Å². The van der Waals surface area contributed by atoms with E-state index in [-0.39, 0.29) is 24.1 Å². The average Bonchev–Trinajstić information content (AvgIpc) is 2.85. The third-order valence-corrected chi connectivity index (χ3v) is 6.72. The Morgan fingerprint density at radius 3 is 2.31 bits per heavy atom. The molecule has 0 saturated carbocycles. The van der Waals surface area contributed by atoms with Gasteiger partial charge in [-0.25, -0.2) is 8.42 Å². The number of sulfonamides is 1. The maximum Gasteiger partial charge on any atom is 0.244 e. The molecule has 2 amide bonds. The molecule has 0 aromatic heterocycles. The molecule has 0 fully saturated rings. The Morgan fingerprint density at radius 2 is 1.72 bits per heavy atom. The van der Waals surface area contributed by atoms with Gasteiger partial charge in [0.1, 0.15) is 24.1 Å². The van der Waals surface area contributed by atoms with E-state index < -0.39 is 28.5 Å². The van der Waals surface area contributed by atoms with Crippen LogP contribution in [0.1, 0.15) is 32.8 Å². The third kappa shape index (κ3) is 7.87. The topological polar surface area (TPSA) is 105 Å². The molecule has 0 aliphatic heterocycles. The van der Waals surface area contributed by atoms with Crippen LogP contribution in [-0.2, 0) is 26.2 Å². The maximum atomic E-state index is 13.7. The summed E-state index contributed by atoms with van der Waals surface area (Å²) in [6.07, 6.45) is 1.39. The van der Waals surface area contributed by atoms with Crippen LogP contribution in [0, 0.1) is 5.92 Å². The van der Waals surface area contributed by atoms with Gasteiger partial charge < -0.3 is 19.7 Å². The number of nitrogens with zero attached hydrogens (tertiary/aromatic N) is 2. The Labute approximate surface area is 214 Å². The van der Waals surface area contributed by atoms with E-state index in [9.17, 15) is 18.0 Å². The van der Waals surface area contributed by atoms with Gasteiger partial charge in [-0.05, 0) is 42.2 Å². The first-order chi connectivity index (χ1) is 17.0. The zero-order chi connectivity index (χ0) is 26.9. The fourth-order valence-corrected chi connectivity index (χ4v) is 4.59. The molecule has 0 radical (unpaired) electrons. The van der Waals surface area contributed by atoms with E-state index >= 15 is 0 Å². The molecule has 36 heavy (non-hydrogen) atoms. The van der Waals surface area contributed by atoms with Crippen LogP contribution in [0.2, 0.25) is 0 Å². The first kappa shape index (κ1) is 29.0. The number of rotatable bonds is 13. The van der Waals surface area contributed by atoms with Crippen molar-refractivity contribution in [3.05, 3.63) is 54.1 Å². The molecule has 1 N–H and O–H groups in total. The molecule has 2 rings (SSSR count). The standard InChI is InChI=1S/C26H37N3O6S/c1-7-22(26(31)27-16-19(2)3)28(17-20-11-10-12-21(15-20)34-4)25(30)18-29(36(6,32)33)23-13-8-9-14-24(23)35-5/h8-15,19,22H,7,16-18H2,1-6H3,(H,27,31). The average molecular weight is 520 g/mol. The first-order valence-corrected chi connectivity index (χ1v) is 13.7. The summed E-state index contributed by atoms with van der Waals surface area (Å²) < 4.78 is 37.2. The van der Waals surface area contributed by atoms with Crippen molar-refractivity contribution in [2.45, 2.75) is 39.8 Å². The summed E-state index contributed by atoms with van der Waals surface area (Å²) in [4.78, 5) is 28.3. The zero-order valence-electron chi connectivity index (χ0n) is 21.9. The van der Waals surface area contributed by atoms with Gasteiger partial charge in [0.15, 0.2) is 0 Å². The predicted octanol–water partition coefficient (Wildman–Crippen LogP) is 3.05. The van der Waals surface area contributed by atoms with Crippen LogP contribution in [-0.4, -0.2) is 64.7 Å². The number of ether oxygens (including phenoxy) is 2. The highest BCUT2D eigenvalue weighted by molar-refractivity contribution is 7.92. The molecule has 10 heteroatoms. The minimum atomic E-state index is -3.85. The van der Waals surface area contributed by atoms with Crippen molar-refractivity contribution < 1.29 is 27.5 Å². The summed E-state index contributed by atoms with van der Waals surface area (Å²) in [6, 6.07) is 13.0. The quantitative estimate of drug-likeness (QED) is 0.436. The van der Waals surface area contributed by atoms with Crippen molar-refractivity contribution in [2.75, 3.05) is 37.9 Å². The normalized spacial score (nSPS) is 12.1. The summed E-state index contributed by atoms with van der Waals surface area (Å²) in [5, 5.41) is 2.90. The van der Waals surface area contributed by atoms with Crippen LogP contribution in [0.25, 0.3) is 0 Å². The molecule has 198 valence electrons. The number of hydrogen-bond acceptors (Lipinski definition) is 6. The van der Waals surface area contributed by atoms with Gasteiger partial charge >= 0.3 is 0 Å². The Bertz CT molecular complexity index is 1140.